The number of ether oxygens (including phenoxy) is 1. The summed E-state index contributed by atoms with van der Waals surface area (Å²) in [5.41, 5.74) is 1.15. The van der Waals surface area contributed by atoms with E-state index in [1.807, 2.05) is 31.2 Å². The first kappa shape index (κ1) is 32.0. The highest BCUT2D eigenvalue weighted by molar-refractivity contribution is 7.11. The van der Waals surface area contributed by atoms with Gasteiger partial charge in [0.25, 0.3) is 5.56 Å². The maximum absolute atomic E-state index is 12.7. The first-order valence-corrected chi connectivity index (χ1v) is 14.1. The molecule has 13 heteroatoms. The number of aliphatic carboxylic acids is 2. The molecule has 12 nitrogen and oxygen atoms in total. The summed E-state index contributed by atoms with van der Waals surface area (Å²) in [5, 5.41) is 16.8. The van der Waals surface area contributed by atoms with Crippen molar-refractivity contribution < 1.29 is 29.3 Å². The highest BCUT2D eigenvalue weighted by atomic mass is 32.1. The van der Waals surface area contributed by atoms with Crippen molar-refractivity contribution in [3.8, 4) is 5.75 Å². The minimum Gasteiger partial charge on any atom is -0.493 e. The summed E-state index contributed by atoms with van der Waals surface area (Å²) in [4.78, 5) is 60.7. The second kappa shape index (κ2) is 14.9. The number of thiophene rings is 1. The second-order valence-corrected chi connectivity index (χ2v) is 10.5. The highest BCUT2D eigenvalue weighted by Crippen LogP contribution is 2.21. The number of carbonyl (C=O) groups excluding carboxylic acids is 1. The number of benzene rings is 1. The summed E-state index contributed by atoms with van der Waals surface area (Å²) in [7, 11) is 3.19. The van der Waals surface area contributed by atoms with E-state index < -0.39 is 11.9 Å². The molecule has 224 valence electrons. The lowest BCUT2D eigenvalue weighted by molar-refractivity contribution is -0.159. The summed E-state index contributed by atoms with van der Waals surface area (Å²) in [6.07, 6.45) is 4.28. The number of ketones is 1. The quantitative estimate of drug-likeness (QED) is 0.162. The zero-order valence-electron chi connectivity index (χ0n) is 23.7. The van der Waals surface area contributed by atoms with Crippen molar-refractivity contribution in [1.82, 2.24) is 14.0 Å². The molecule has 2 N–H and O–H groups in total. The van der Waals surface area contributed by atoms with E-state index in [1.165, 1.54) is 23.2 Å². The SMILES string of the molecule is Cc1csc(C=CC(=O)c2ccccc2OCCCN2CCN(c3cc(=O)n(C)c(=O)n3C)CC2)c1.O=C(O)C(=O)O. The number of nitrogens with zero attached hydrogens (tertiary/aromatic N) is 4. The minimum absolute atomic E-state index is 0.0714. The molecule has 0 unspecified atom stereocenters. The lowest BCUT2D eigenvalue weighted by Crippen LogP contribution is -2.49. The van der Waals surface area contributed by atoms with E-state index in [0.29, 0.717) is 23.7 Å². The smallest absolute Gasteiger partial charge is 0.414 e. The van der Waals surface area contributed by atoms with Gasteiger partial charge in [0.1, 0.15) is 11.6 Å². The zero-order chi connectivity index (χ0) is 30.8. The fourth-order valence-electron chi connectivity index (χ4n) is 4.28. The van der Waals surface area contributed by atoms with Gasteiger partial charge >= 0.3 is 17.6 Å². The Labute approximate surface area is 246 Å². The van der Waals surface area contributed by atoms with Crippen molar-refractivity contribution in [2.24, 2.45) is 14.1 Å². The third kappa shape index (κ3) is 8.75. The lowest BCUT2D eigenvalue weighted by Gasteiger charge is -2.36. The number of aromatic nitrogens is 2. The number of para-hydroxylation sites is 1. The Morgan fingerprint density at radius 3 is 2.26 bits per heavy atom. The number of carbonyl (C=O) groups is 3. The number of carboxylic acids is 2. The van der Waals surface area contributed by atoms with Crippen LogP contribution in [0.25, 0.3) is 6.08 Å². The predicted molar refractivity (Wildman–Crippen MR) is 160 cm³/mol. The summed E-state index contributed by atoms with van der Waals surface area (Å²) in [6.45, 7) is 6.59. The molecule has 4 rings (SSSR count). The lowest BCUT2D eigenvalue weighted by atomic mass is 10.1. The molecule has 3 aromatic rings. The number of carboxylic acid groups (broad SMARTS) is 2. The molecular formula is C29H34N4O8S. The van der Waals surface area contributed by atoms with Crippen molar-refractivity contribution in [2.75, 3.05) is 44.2 Å². The van der Waals surface area contributed by atoms with Crippen LogP contribution in [0.15, 0.2) is 57.4 Å². The normalized spacial score (nSPS) is 13.5. The van der Waals surface area contributed by atoms with Gasteiger partial charge in [-0.1, -0.05) is 12.1 Å². The van der Waals surface area contributed by atoms with Gasteiger partial charge < -0.3 is 19.8 Å². The Bertz CT molecular complexity index is 1550. The van der Waals surface area contributed by atoms with E-state index in [0.717, 1.165) is 48.6 Å². The van der Waals surface area contributed by atoms with Crippen LogP contribution in [0, 0.1) is 6.92 Å². The van der Waals surface area contributed by atoms with Crippen LogP contribution < -0.4 is 20.9 Å². The molecule has 1 fully saturated rings. The molecule has 2 aromatic heterocycles. The van der Waals surface area contributed by atoms with Crippen LogP contribution in [0.5, 0.6) is 5.75 Å². The molecule has 1 aromatic carbocycles. The Morgan fingerprint density at radius 1 is 0.976 bits per heavy atom. The molecule has 0 amide bonds. The monoisotopic (exact) mass is 598 g/mol. The maximum Gasteiger partial charge on any atom is 0.414 e. The Hall–Kier alpha value is -4.49. The molecule has 3 heterocycles. The summed E-state index contributed by atoms with van der Waals surface area (Å²) < 4.78 is 8.63. The Balaban J connectivity index is 0.000000730. The molecule has 0 aliphatic carbocycles. The van der Waals surface area contributed by atoms with Crippen molar-refractivity contribution in [1.29, 1.82) is 0 Å². The van der Waals surface area contributed by atoms with Crippen LogP contribution in [-0.2, 0) is 23.7 Å². The number of hydrogen-bond acceptors (Lipinski definition) is 9. The summed E-state index contributed by atoms with van der Waals surface area (Å²) in [6, 6.07) is 10.9. The molecule has 0 spiro atoms. The summed E-state index contributed by atoms with van der Waals surface area (Å²) >= 11 is 1.61. The van der Waals surface area contributed by atoms with E-state index in [-0.39, 0.29) is 17.0 Å². The van der Waals surface area contributed by atoms with Crippen LogP contribution in [0.2, 0.25) is 0 Å². The average molecular weight is 599 g/mol. The van der Waals surface area contributed by atoms with E-state index in [1.54, 1.807) is 30.5 Å². The number of anilines is 1. The number of aryl methyl sites for hydroxylation is 1. The molecule has 0 radical (unpaired) electrons. The van der Waals surface area contributed by atoms with Gasteiger partial charge in [-0.15, -0.1) is 11.3 Å². The first-order chi connectivity index (χ1) is 20.0. The maximum atomic E-state index is 12.7. The van der Waals surface area contributed by atoms with Crippen molar-refractivity contribution >= 4 is 41.0 Å². The molecule has 0 saturated carbocycles. The zero-order valence-corrected chi connectivity index (χ0v) is 24.5. The van der Waals surface area contributed by atoms with E-state index in [2.05, 4.69) is 21.2 Å². The van der Waals surface area contributed by atoms with Crippen LogP contribution >= 0.6 is 11.3 Å². The number of piperazine rings is 1. The fraction of sp³-hybridized carbons (Fsp3) is 0.345. The van der Waals surface area contributed by atoms with E-state index >= 15 is 0 Å². The van der Waals surface area contributed by atoms with Gasteiger partial charge in [0.05, 0.1) is 12.2 Å². The van der Waals surface area contributed by atoms with Crippen molar-refractivity contribution in [3.63, 3.8) is 0 Å². The van der Waals surface area contributed by atoms with Crippen LogP contribution in [0.4, 0.5) is 5.82 Å². The van der Waals surface area contributed by atoms with Crippen LogP contribution in [0.3, 0.4) is 0 Å². The predicted octanol–water partition coefficient (Wildman–Crippen LogP) is 2.10. The number of allylic oxidation sites excluding steroid dienone is 1. The van der Waals surface area contributed by atoms with Gasteiger partial charge in [-0.2, -0.15) is 0 Å². The topological polar surface area (TPSA) is 151 Å². The van der Waals surface area contributed by atoms with Gasteiger partial charge in [-0.3, -0.25) is 23.6 Å². The van der Waals surface area contributed by atoms with E-state index in [9.17, 15) is 14.4 Å². The third-order valence-electron chi connectivity index (χ3n) is 6.56. The van der Waals surface area contributed by atoms with Gasteiger partial charge in [-0.25, -0.2) is 14.4 Å². The average Bonchev–Trinajstić information content (AvgIpc) is 3.40. The van der Waals surface area contributed by atoms with Crippen molar-refractivity contribution in [3.05, 3.63) is 84.7 Å². The van der Waals surface area contributed by atoms with Crippen LogP contribution in [0.1, 0.15) is 27.2 Å². The molecule has 42 heavy (non-hydrogen) atoms. The molecule has 1 aliphatic rings. The fourth-order valence-corrected chi connectivity index (χ4v) is 5.07. The van der Waals surface area contributed by atoms with Gasteiger partial charge in [-0.05, 0) is 54.6 Å². The molecule has 1 aliphatic heterocycles. The molecule has 0 bridgehead atoms. The largest absolute Gasteiger partial charge is 0.493 e. The van der Waals surface area contributed by atoms with Gasteiger partial charge in [0.15, 0.2) is 5.78 Å². The van der Waals surface area contributed by atoms with Crippen LogP contribution in [-0.4, -0.2) is 81.3 Å². The number of rotatable bonds is 9. The van der Waals surface area contributed by atoms with Crippen molar-refractivity contribution in [2.45, 2.75) is 13.3 Å². The standard InChI is InChI=1S/C27H32N4O4S.C2H2O4/c1-20-17-21(36-19-20)9-10-23(32)22-7-4-5-8-24(22)35-16-6-11-30-12-14-31(15-13-30)25-18-26(33)29(3)27(34)28(25)2;3-1(4)2(5)6/h4-5,7-10,17-19H,6,11-16H2,1-3H3;(H,3,4)(H,5,6). The highest BCUT2D eigenvalue weighted by Gasteiger charge is 2.20. The molecule has 1 saturated heterocycles. The number of hydrogen-bond donors (Lipinski definition) is 2. The summed E-state index contributed by atoms with van der Waals surface area (Å²) in [5.74, 6) is -2.45. The Morgan fingerprint density at radius 2 is 1.64 bits per heavy atom. The minimum atomic E-state index is -1.82. The van der Waals surface area contributed by atoms with Gasteiger partial charge in [0.2, 0.25) is 0 Å². The Kier molecular flexibility index (Phi) is 11.4. The van der Waals surface area contributed by atoms with E-state index in [4.69, 9.17) is 24.5 Å². The molecule has 0 atom stereocenters. The molecular weight excluding hydrogens is 564 g/mol. The third-order valence-corrected chi connectivity index (χ3v) is 7.57. The second-order valence-electron chi connectivity index (χ2n) is 9.60. The first-order valence-electron chi connectivity index (χ1n) is 13.2. The van der Waals surface area contributed by atoms with Gasteiger partial charge in [0, 0.05) is 57.8 Å².